The van der Waals surface area contributed by atoms with Crippen molar-refractivity contribution in [3.63, 3.8) is 0 Å². The number of nitrogens with one attached hydrogen (secondary N) is 1. The first-order valence-corrected chi connectivity index (χ1v) is 9.00. The van der Waals surface area contributed by atoms with E-state index in [9.17, 15) is 13.2 Å². The van der Waals surface area contributed by atoms with Crippen LogP contribution in [0.1, 0.15) is 22.0 Å². The summed E-state index contributed by atoms with van der Waals surface area (Å²) in [4.78, 5) is 2.85. The SMILES string of the molecule is FC(F)(F)c1cc(Cl)ccc1[C@@H](c1ccc(Cl)s1)N1CCNCC1. The van der Waals surface area contributed by atoms with Gasteiger partial charge >= 0.3 is 6.18 Å². The van der Waals surface area contributed by atoms with E-state index in [2.05, 4.69) is 10.2 Å². The van der Waals surface area contributed by atoms with Crippen LogP contribution in [0.4, 0.5) is 13.2 Å². The largest absolute Gasteiger partial charge is 0.416 e. The van der Waals surface area contributed by atoms with E-state index in [1.165, 1.54) is 23.5 Å². The lowest BCUT2D eigenvalue weighted by molar-refractivity contribution is -0.138. The maximum atomic E-state index is 13.6. The van der Waals surface area contributed by atoms with Crippen LogP contribution < -0.4 is 5.32 Å². The Balaban J connectivity index is 2.12. The predicted molar refractivity (Wildman–Crippen MR) is 92.1 cm³/mol. The number of nitrogens with zero attached hydrogens (tertiary/aromatic N) is 1. The molecule has 0 amide bonds. The third kappa shape index (κ3) is 3.89. The number of piperazine rings is 1. The second kappa shape index (κ2) is 7.22. The van der Waals surface area contributed by atoms with Gasteiger partial charge in [0.05, 0.1) is 15.9 Å². The van der Waals surface area contributed by atoms with Crippen LogP contribution in [0.15, 0.2) is 30.3 Å². The zero-order chi connectivity index (χ0) is 17.3. The molecule has 0 radical (unpaired) electrons. The van der Waals surface area contributed by atoms with Crippen LogP contribution in [0.25, 0.3) is 0 Å². The summed E-state index contributed by atoms with van der Waals surface area (Å²) in [6.07, 6.45) is -4.46. The van der Waals surface area contributed by atoms with E-state index in [1.807, 2.05) is 0 Å². The molecule has 1 saturated heterocycles. The second-order valence-electron chi connectivity index (χ2n) is 5.56. The molecule has 0 bridgehead atoms. The lowest BCUT2D eigenvalue weighted by Gasteiger charge is -2.35. The summed E-state index contributed by atoms with van der Waals surface area (Å²) in [6, 6.07) is 7.02. The Bertz CT molecular complexity index is 712. The Morgan fingerprint density at radius 1 is 1.08 bits per heavy atom. The summed E-state index contributed by atoms with van der Waals surface area (Å²) in [5.74, 6) is 0. The zero-order valence-electron chi connectivity index (χ0n) is 12.5. The Hall–Kier alpha value is -0.790. The van der Waals surface area contributed by atoms with Crippen molar-refractivity contribution in [3.8, 4) is 0 Å². The molecule has 0 unspecified atom stereocenters. The molecule has 1 aromatic heterocycles. The van der Waals surface area contributed by atoms with Crippen molar-refractivity contribution in [3.05, 3.63) is 55.7 Å². The third-order valence-electron chi connectivity index (χ3n) is 4.00. The molecule has 2 nitrogen and oxygen atoms in total. The summed E-state index contributed by atoms with van der Waals surface area (Å²) in [5, 5.41) is 3.30. The van der Waals surface area contributed by atoms with E-state index in [0.717, 1.165) is 24.0 Å². The minimum absolute atomic E-state index is 0.0781. The molecule has 0 saturated carbocycles. The van der Waals surface area contributed by atoms with Gasteiger partial charge in [-0.25, -0.2) is 0 Å². The fourth-order valence-corrected chi connectivity index (χ4v) is 4.35. The van der Waals surface area contributed by atoms with Gasteiger partial charge in [0.15, 0.2) is 0 Å². The first kappa shape index (κ1) is 18.0. The maximum absolute atomic E-state index is 13.6. The molecule has 0 aliphatic carbocycles. The van der Waals surface area contributed by atoms with Gasteiger partial charge in [-0.3, -0.25) is 4.90 Å². The molecule has 1 aliphatic heterocycles. The minimum Gasteiger partial charge on any atom is -0.314 e. The van der Waals surface area contributed by atoms with E-state index in [1.54, 1.807) is 12.1 Å². The molecule has 8 heteroatoms. The van der Waals surface area contributed by atoms with Crippen LogP contribution in [0, 0.1) is 0 Å². The van der Waals surface area contributed by atoms with Crippen molar-refractivity contribution in [1.29, 1.82) is 0 Å². The standard InChI is InChI=1S/C16H15Cl2F3N2S/c17-10-1-2-11(12(9-10)16(19,20)21)15(13-3-4-14(18)24-13)23-7-5-22-6-8-23/h1-4,9,15,22H,5-8H2/t15-/m0/s1. The van der Waals surface area contributed by atoms with Gasteiger partial charge in [-0.05, 0) is 29.8 Å². The molecule has 1 aliphatic rings. The highest BCUT2D eigenvalue weighted by molar-refractivity contribution is 7.16. The number of benzene rings is 1. The first-order chi connectivity index (χ1) is 11.4. The van der Waals surface area contributed by atoms with Gasteiger partial charge in [0.1, 0.15) is 0 Å². The van der Waals surface area contributed by atoms with Gasteiger partial charge < -0.3 is 5.32 Å². The first-order valence-electron chi connectivity index (χ1n) is 7.43. The normalized spacial score (nSPS) is 17.9. The second-order valence-corrected chi connectivity index (χ2v) is 7.74. The van der Waals surface area contributed by atoms with E-state index in [0.29, 0.717) is 17.4 Å². The Morgan fingerprint density at radius 3 is 2.38 bits per heavy atom. The third-order valence-corrected chi connectivity index (χ3v) is 5.51. The van der Waals surface area contributed by atoms with Crippen molar-refractivity contribution in [2.45, 2.75) is 12.2 Å². The van der Waals surface area contributed by atoms with Crippen LogP contribution in [0.3, 0.4) is 0 Å². The van der Waals surface area contributed by atoms with Crippen molar-refractivity contribution in [2.24, 2.45) is 0 Å². The van der Waals surface area contributed by atoms with Gasteiger partial charge in [0, 0.05) is 36.1 Å². The van der Waals surface area contributed by atoms with Crippen molar-refractivity contribution in [1.82, 2.24) is 10.2 Å². The number of rotatable bonds is 3. The topological polar surface area (TPSA) is 15.3 Å². The number of alkyl halides is 3. The van der Waals surface area contributed by atoms with Gasteiger partial charge in [-0.1, -0.05) is 29.3 Å². The molecule has 1 N–H and O–H groups in total. The van der Waals surface area contributed by atoms with Gasteiger partial charge in [0.2, 0.25) is 0 Å². The molecule has 1 fully saturated rings. The molecule has 3 rings (SSSR count). The van der Waals surface area contributed by atoms with E-state index < -0.39 is 17.8 Å². The highest BCUT2D eigenvalue weighted by Crippen LogP contribution is 2.42. The lowest BCUT2D eigenvalue weighted by Crippen LogP contribution is -2.45. The van der Waals surface area contributed by atoms with Crippen molar-refractivity contribution < 1.29 is 13.2 Å². The number of hydrogen-bond acceptors (Lipinski definition) is 3. The average molecular weight is 395 g/mol. The number of thiophene rings is 1. The highest BCUT2D eigenvalue weighted by Gasteiger charge is 2.38. The fraction of sp³-hybridized carbons (Fsp3) is 0.375. The molecular weight excluding hydrogens is 380 g/mol. The van der Waals surface area contributed by atoms with Crippen LogP contribution in [0.2, 0.25) is 9.36 Å². The average Bonchev–Trinajstić information content (AvgIpc) is 2.95. The van der Waals surface area contributed by atoms with Crippen molar-refractivity contribution in [2.75, 3.05) is 26.2 Å². The Kier molecular flexibility index (Phi) is 5.42. The summed E-state index contributed by atoms with van der Waals surface area (Å²) >= 11 is 13.2. The molecule has 2 aromatic rings. The Labute approximate surface area is 152 Å². The molecular formula is C16H15Cl2F3N2S. The van der Waals surface area contributed by atoms with Crippen LogP contribution in [-0.2, 0) is 6.18 Å². The summed E-state index contributed by atoms with van der Waals surface area (Å²) in [7, 11) is 0. The molecule has 2 heterocycles. The quantitative estimate of drug-likeness (QED) is 0.781. The molecule has 1 atom stereocenters. The highest BCUT2D eigenvalue weighted by atomic mass is 35.5. The molecule has 130 valence electrons. The van der Waals surface area contributed by atoms with Crippen molar-refractivity contribution >= 4 is 34.5 Å². The van der Waals surface area contributed by atoms with Crippen LogP contribution >= 0.6 is 34.5 Å². The zero-order valence-corrected chi connectivity index (χ0v) is 14.9. The molecule has 1 aromatic carbocycles. The molecule has 0 spiro atoms. The van der Waals surface area contributed by atoms with E-state index >= 15 is 0 Å². The van der Waals surface area contributed by atoms with Crippen LogP contribution in [-0.4, -0.2) is 31.1 Å². The number of halogens is 5. The van der Waals surface area contributed by atoms with Gasteiger partial charge in [-0.15, -0.1) is 11.3 Å². The summed E-state index contributed by atoms with van der Waals surface area (Å²) in [5.41, 5.74) is -0.477. The van der Waals surface area contributed by atoms with Crippen LogP contribution in [0.5, 0.6) is 0 Å². The summed E-state index contributed by atoms with van der Waals surface area (Å²) < 4.78 is 41.3. The molecule has 24 heavy (non-hydrogen) atoms. The van der Waals surface area contributed by atoms with Gasteiger partial charge in [0.25, 0.3) is 0 Å². The smallest absolute Gasteiger partial charge is 0.314 e. The monoisotopic (exact) mass is 394 g/mol. The number of hydrogen-bond donors (Lipinski definition) is 1. The minimum atomic E-state index is -4.46. The summed E-state index contributed by atoms with van der Waals surface area (Å²) in [6.45, 7) is 2.81. The lowest BCUT2D eigenvalue weighted by atomic mass is 9.96. The maximum Gasteiger partial charge on any atom is 0.416 e. The predicted octanol–water partition coefficient (Wildman–Crippen LogP) is 5.07. The fourth-order valence-electron chi connectivity index (χ4n) is 2.96. The van der Waals surface area contributed by atoms with E-state index in [-0.39, 0.29) is 10.6 Å². The van der Waals surface area contributed by atoms with E-state index in [4.69, 9.17) is 23.2 Å². The Morgan fingerprint density at radius 2 is 1.79 bits per heavy atom. The van der Waals surface area contributed by atoms with Gasteiger partial charge in [-0.2, -0.15) is 13.2 Å².